The molecule has 1 aliphatic heterocycles. The Kier molecular flexibility index (Phi) is 3.27. The summed E-state index contributed by atoms with van der Waals surface area (Å²) in [5, 5.41) is 0. The number of likely N-dealkylation sites (tertiary alicyclic amines) is 1. The molecular weight excluding hydrogens is 194 g/mol. The first-order chi connectivity index (χ1) is 6.86. The SMILES string of the molecule is CC(C)C(=O)CN1C(=O)C(C)C(C)C1=O. The number of carbonyl (C=O) groups excluding carboxylic acids is 3. The highest BCUT2D eigenvalue weighted by Crippen LogP contribution is 2.25. The number of Topliss-reactive ketones (excluding diaryl/α,β-unsaturated/α-hetero) is 1. The van der Waals surface area contributed by atoms with Crippen LogP contribution >= 0.6 is 0 Å². The van der Waals surface area contributed by atoms with Crippen molar-refractivity contribution in [3.63, 3.8) is 0 Å². The van der Waals surface area contributed by atoms with E-state index in [0.29, 0.717) is 0 Å². The van der Waals surface area contributed by atoms with Gasteiger partial charge in [0.1, 0.15) is 0 Å². The second-order valence-corrected chi connectivity index (χ2v) is 4.46. The molecule has 1 fully saturated rings. The molecule has 0 bridgehead atoms. The summed E-state index contributed by atoms with van der Waals surface area (Å²) in [6.45, 7) is 6.92. The van der Waals surface area contributed by atoms with Gasteiger partial charge in [-0.3, -0.25) is 19.3 Å². The van der Waals surface area contributed by atoms with Gasteiger partial charge in [0.15, 0.2) is 5.78 Å². The van der Waals surface area contributed by atoms with E-state index in [1.54, 1.807) is 27.7 Å². The van der Waals surface area contributed by atoms with Gasteiger partial charge in [-0.2, -0.15) is 0 Å². The number of hydrogen-bond acceptors (Lipinski definition) is 3. The average Bonchev–Trinajstić information content (AvgIpc) is 2.35. The molecule has 15 heavy (non-hydrogen) atoms. The first kappa shape index (κ1) is 11.9. The van der Waals surface area contributed by atoms with Gasteiger partial charge in [0, 0.05) is 17.8 Å². The van der Waals surface area contributed by atoms with E-state index in [1.165, 1.54) is 0 Å². The second kappa shape index (κ2) is 4.13. The normalized spacial score (nSPS) is 26.6. The molecule has 0 saturated carbocycles. The highest BCUT2D eigenvalue weighted by atomic mass is 16.2. The third-order valence-corrected chi connectivity index (χ3v) is 3.02. The lowest BCUT2D eigenvalue weighted by Gasteiger charge is -2.14. The van der Waals surface area contributed by atoms with Crippen LogP contribution in [0.4, 0.5) is 0 Å². The van der Waals surface area contributed by atoms with Crippen LogP contribution < -0.4 is 0 Å². The smallest absolute Gasteiger partial charge is 0.233 e. The fraction of sp³-hybridized carbons (Fsp3) is 0.727. The van der Waals surface area contributed by atoms with Crippen LogP contribution in [-0.4, -0.2) is 29.0 Å². The van der Waals surface area contributed by atoms with Crippen molar-refractivity contribution in [3.05, 3.63) is 0 Å². The summed E-state index contributed by atoms with van der Waals surface area (Å²) < 4.78 is 0. The summed E-state index contributed by atoms with van der Waals surface area (Å²) >= 11 is 0. The average molecular weight is 211 g/mol. The lowest BCUT2D eigenvalue weighted by Crippen LogP contribution is -2.37. The van der Waals surface area contributed by atoms with Crippen LogP contribution in [0.2, 0.25) is 0 Å². The maximum absolute atomic E-state index is 11.6. The van der Waals surface area contributed by atoms with Crippen molar-refractivity contribution < 1.29 is 14.4 Å². The summed E-state index contributed by atoms with van der Waals surface area (Å²) in [6, 6.07) is 0. The molecule has 4 heteroatoms. The van der Waals surface area contributed by atoms with Gasteiger partial charge < -0.3 is 0 Å². The Morgan fingerprint density at radius 1 is 1.20 bits per heavy atom. The zero-order valence-corrected chi connectivity index (χ0v) is 9.61. The Morgan fingerprint density at radius 3 is 1.93 bits per heavy atom. The van der Waals surface area contributed by atoms with E-state index in [0.717, 1.165) is 4.90 Å². The third-order valence-electron chi connectivity index (χ3n) is 3.02. The van der Waals surface area contributed by atoms with Crippen molar-refractivity contribution in [1.82, 2.24) is 4.90 Å². The van der Waals surface area contributed by atoms with Crippen molar-refractivity contribution >= 4 is 17.6 Å². The summed E-state index contributed by atoms with van der Waals surface area (Å²) in [4.78, 5) is 35.8. The largest absolute Gasteiger partial charge is 0.297 e. The van der Waals surface area contributed by atoms with Gasteiger partial charge in [-0.05, 0) is 0 Å². The fourth-order valence-corrected chi connectivity index (χ4v) is 1.52. The molecule has 0 N–H and O–H groups in total. The standard InChI is InChI=1S/C11H17NO3/c1-6(2)9(13)5-12-10(14)7(3)8(4)11(12)15/h6-8H,5H2,1-4H3. The minimum atomic E-state index is -0.294. The Bertz CT molecular complexity index is 289. The molecule has 0 radical (unpaired) electrons. The third kappa shape index (κ3) is 2.08. The lowest BCUT2D eigenvalue weighted by atomic mass is 10.00. The maximum Gasteiger partial charge on any atom is 0.233 e. The van der Waals surface area contributed by atoms with Gasteiger partial charge in [0.25, 0.3) is 0 Å². The molecule has 1 heterocycles. The topological polar surface area (TPSA) is 54.5 Å². The highest BCUT2D eigenvalue weighted by Gasteiger charge is 2.42. The van der Waals surface area contributed by atoms with Crippen LogP contribution in [-0.2, 0) is 14.4 Å². The summed E-state index contributed by atoms with van der Waals surface area (Å²) in [5.74, 6) is -1.24. The van der Waals surface area contributed by atoms with Crippen molar-refractivity contribution in [1.29, 1.82) is 0 Å². The molecule has 1 saturated heterocycles. The molecule has 0 aliphatic carbocycles. The fourth-order valence-electron chi connectivity index (χ4n) is 1.52. The van der Waals surface area contributed by atoms with Gasteiger partial charge in [-0.25, -0.2) is 0 Å². The molecule has 2 amide bonds. The minimum absolute atomic E-state index is 0.0655. The molecule has 0 aromatic carbocycles. The number of nitrogens with zero attached hydrogens (tertiary/aromatic N) is 1. The summed E-state index contributed by atoms with van der Waals surface area (Å²) in [5.41, 5.74) is 0. The summed E-state index contributed by atoms with van der Waals surface area (Å²) in [6.07, 6.45) is 0. The summed E-state index contributed by atoms with van der Waals surface area (Å²) in [7, 11) is 0. The molecule has 84 valence electrons. The van der Waals surface area contributed by atoms with E-state index in [4.69, 9.17) is 0 Å². The Hall–Kier alpha value is -1.19. The predicted octanol–water partition coefficient (Wildman–Crippen LogP) is 0.853. The first-order valence-electron chi connectivity index (χ1n) is 5.24. The molecular formula is C11H17NO3. The van der Waals surface area contributed by atoms with Gasteiger partial charge in [0.2, 0.25) is 11.8 Å². The number of amides is 2. The molecule has 2 atom stereocenters. The second-order valence-electron chi connectivity index (χ2n) is 4.46. The van der Waals surface area contributed by atoms with E-state index < -0.39 is 0 Å². The molecule has 0 aromatic heterocycles. The van der Waals surface area contributed by atoms with Crippen LogP contribution in [0.3, 0.4) is 0 Å². The van der Waals surface area contributed by atoms with E-state index in [1.807, 2.05) is 0 Å². The lowest BCUT2D eigenvalue weighted by molar-refractivity contribution is -0.143. The molecule has 1 aliphatic rings. The zero-order valence-electron chi connectivity index (χ0n) is 9.61. The van der Waals surface area contributed by atoms with Crippen molar-refractivity contribution in [3.8, 4) is 0 Å². The maximum atomic E-state index is 11.6. The molecule has 4 nitrogen and oxygen atoms in total. The van der Waals surface area contributed by atoms with Crippen LogP contribution in [0.5, 0.6) is 0 Å². The van der Waals surface area contributed by atoms with Crippen LogP contribution in [0, 0.1) is 17.8 Å². The number of carbonyl (C=O) groups is 3. The minimum Gasteiger partial charge on any atom is -0.297 e. The van der Waals surface area contributed by atoms with Crippen LogP contribution in [0.25, 0.3) is 0 Å². The Labute approximate surface area is 89.6 Å². The first-order valence-corrected chi connectivity index (χ1v) is 5.24. The molecule has 2 unspecified atom stereocenters. The van der Waals surface area contributed by atoms with Gasteiger partial charge in [-0.1, -0.05) is 27.7 Å². The van der Waals surface area contributed by atoms with Crippen molar-refractivity contribution in [2.45, 2.75) is 27.7 Å². The monoisotopic (exact) mass is 211 g/mol. The predicted molar refractivity (Wildman–Crippen MR) is 54.9 cm³/mol. The number of rotatable bonds is 3. The quantitative estimate of drug-likeness (QED) is 0.650. The van der Waals surface area contributed by atoms with E-state index >= 15 is 0 Å². The van der Waals surface area contributed by atoms with Gasteiger partial charge >= 0.3 is 0 Å². The highest BCUT2D eigenvalue weighted by molar-refractivity contribution is 6.07. The number of hydrogen-bond donors (Lipinski definition) is 0. The van der Waals surface area contributed by atoms with E-state index in [9.17, 15) is 14.4 Å². The van der Waals surface area contributed by atoms with E-state index in [2.05, 4.69) is 0 Å². The Morgan fingerprint density at radius 2 is 1.60 bits per heavy atom. The number of imide groups is 1. The van der Waals surface area contributed by atoms with Crippen LogP contribution in [0.15, 0.2) is 0 Å². The van der Waals surface area contributed by atoms with Crippen LogP contribution in [0.1, 0.15) is 27.7 Å². The number of ketones is 1. The van der Waals surface area contributed by atoms with Gasteiger partial charge in [0.05, 0.1) is 6.54 Å². The van der Waals surface area contributed by atoms with Gasteiger partial charge in [-0.15, -0.1) is 0 Å². The van der Waals surface area contributed by atoms with Crippen molar-refractivity contribution in [2.75, 3.05) is 6.54 Å². The molecule has 0 spiro atoms. The molecule has 1 rings (SSSR count). The Balaban J connectivity index is 2.76. The zero-order chi connectivity index (χ0) is 11.7. The van der Waals surface area contributed by atoms with E-state index in [-0.39, 0.29) is 41.9 Å². The van der Waals surface area contributed by atoms with Crippen molar-refractivity contribution in [2.24, 2.45) is 17.8 Å². The molecule has 0 aromatic rings.